The van der Waals surface area contributed by atoms with Gasteiger partial charge in [0, 0.05) is 9.79 Å². The minimum absolute atomic E-state index is 0.0865. The monoisotopic (exact) mass is 370 g/mol. The van der Waals surface area contributed by atoms with Gasteiger partial charge in [-0.3, -0.25) is 0 Å². The number of aliphatic hydroxyl groups is 1. The molecule has 0 aliphatic carbocycles. The number of carbonyl (C=O) groups excluding carboxylic acids is 1. The van der Waals surface area contributed by atoms with Gasteiger partial charge >= 0.3 is 5.97 Å². The van der Waals surface area contributed by atoms with Crippen LogP contribution in [0.15, 0.2) is 70.5 Å². The normalized spacial score (nSPS) is 13.4. The van der Waals surface area contributed by atoms with Crippen molar-refractivity contribution in [1.82, 2.24) is 0 Å². The van der Waals surface area contributed by atoms with Crippen molar-refractivity contribution < 1.29 is 19.0 Å². The van der Waals surface area contributed by atoms with Gasteiger partial charge in [0.25, 0.3) is 0 Å². The maximum atomic E-state index is 14.1. The van der Waals surface area contributed by atoms with Crippen LogP contribution in [0, 0.1) is 5.82 Å². The van der Waals surface area contributed by atoms with Gasteiger partial charge in [-0.05, 0) is 53.1 Å². The van der Waals surface area contributed by atoms with E-state index in [1.165, 1.54) is 31.0 Å². The molecule has 0 aliphatic heterocycles. The van der Waals surface area contributed by atoms with Crippen molar-refractivity contribution in [3.8, 4) is 0 Å². The molecule has 0 fully saturated rings. The molecule has 0 spiro atoms. The van der Waals surface area contributed by atoms with Crippen molar-refractivity contribution in [3.63, 3.8) is 0 Å². The number of hydrogen-bond donors (Lipinski definition) is 1. The van der Waals surface area contributed by atoms with E-state index in [0.717, 1.165) is 15.7 Å². The first-order valence-corrected chi connectivity index (χ1v) is 9.06. The molecule has 0 radical (unpaired) electrons. The Hall–Kier alpha value is -2.37. The van der Waals surface area contributed by atoms with Crippen LogP contribution < -0.4 is 0 Å². The lowest BCUT2D eigenvalue weighted by atomic mass is 9.91. The molecule has 134 valence electrons. The van der Waals surface area contributed by atoms with Crippen LogP contribution in [0.4, 0.5) is 4.39 Å². The quantitative estimate of drug-likeness (QED) is 0.649. The number of halogens is 1. The van der Waals surface area contributed by atoms with Gasteiger partial charge in [-0.15, -0.1) is 0 Å². The van der Waals surface area contributed by atoms with E-state index in [2.05, 4.69) is 4.74 Å². The average Bonchev–Trinajstić information content (AvgIpc) is 2.66. The molecular formula is C21H19FO3S. The first-order valence-electron chi connectivity index (χ1n) is 8.25. The lowest BCUT2D eigenvalue weighted by Crippen LogP contribution is -2.36. The zero-order valence-electron chi connectivity index (χ0n) is 14.5. The molecule has 1 unspecified atom stereocenters. The standard InChI is InChI=1S/C21H19FO3S/c1-3-21(24,20(23)25-2)16-11-17(22)13-19(12-16)26-18-9-8-14-6-4-5-7-15(14)10-18/h4-13,24H,3H2,1-2H3. The molecule has 3 aromatic carbocycles. The third-order valence-corrected chi connectivity index (χ3v) is 5.30. The van der Waals surface area contributed by atoms with Crippen LogP contribution in [0.5, 0.6) is 0 Å². The number of hydrogen-bond acceptors (Lipinski definition) is 4. The summed E-state index contributed by atoms with van der Waals surface area (Å²) in [6.45, 7) is 1.65. The molecule has 0 aliphatic rings. The molecule has 0 bridgehead atoms. The predicted molar refractivity (Wildman–Crippen MR) is 101 cm³/mol. The summed E-state index contributed by atoms with van der Waals surface area (Å²) in [5, 5.41) is 12.9. The van der Waals surface area contributed by atoms with Crippen LogP contribution in [-0.2, 0) is 15.1 Å². The minimum Gasteiger partial charge on any atom is -0.467 e. The van der Waals surface area contributed by atoms with Gasteiger partial charge in [0.05, 0.1) is 7.11 Å². The largest absolute Gasteiger partial charge is 0.467 e. The third kappa shape index (κ3) is 3.59. The van der Waals surface area contributed by atoms with E-state index in [1.54, 1.807) is 13.0 Å². The van der Waals surface area contributed by atoms with Crippen molar-refractivity contribution in [2.45, 2.75) is 28.7 Å². The van der Waals surface area contributed by atoms with Gasteiger partial charge in [-0.2, -0.15) is 0 Å². The van der Waals surface area contributed by atoms with Crippen LogP contribution in [0.3, 0.4) is 0 Å². The summed E-state index contributed by atoms with van der Waals surface area (Å²) >= 11 is 1.37. The molecular weight excluding hydrogens is 351 g/mol. The lowest BCUT2D eigenvalue weighted by Gasteiger charge is -2.24. The summed E-state index contributed by atoms with van der Waals surface area (Å²) in [7, 11) is 1.20. The topological polar surface area (TPSA) is 46.5 Å². The van der Waals surface area contributed by atoms with Gasteiger partial charge < -0.3 is 9.84 Å². The van der Waals surface area contributed by atoms with E-state index in [-0.39, 0.29) is 12.0 Å². The summed E-state index contributed by atoms with van der Waals surface area (Å²) in [5.74, 6) is -1.31. The second-order valence-electron chi connectivity index (χ2n) is 5.99. The number of esters is 1. The van der Waals surface area contributed by atoms with Crippen LogP contribution in [0.2, 0.25) is 0 Å². The molecule has 3 nitrogen and oxygen atoms in total. The van der Waals surface area contributed by atoms with E-state index in [1.807, 2.05) is 42.5 Å². The van der Waals surface area contributed by atoms with Crippen molar-refractivity contribution in [2.24, 2.45) is 0 Å². The van der Waals surface area contributed by atoms with Crippen LogP contribution in [-0.4, -0.2) is 18.2 Å². The average molecular weight is 370 g/mol. The minimum atomic E-state index is -1.87. The highest BCUT2D eigenvalue weighted by Crippen LogP contribution is 2.35. The number of carbonyl (C=O) groups is 1. The Labute approximate surface area is 155 Å². The fourth-order valence-electron chi connectivity index (χ4n) is 2.86. The third-order valence-electron chi connectivity index (χ3n) is 4.34. The highest BCUT2D eigenvalue weighted by molar-refractivity contribution is 7.99. The van der Waals surface area contributed by atoms with Crippen LogP contribution >= 0.6 is 11.8 Å². The van der Waals surface area contributed by atoms with Crippen molar-refractivity contribution in [2.75, 3.05) is 7.11 Å². The zero-order chi connectivity index (χ0) is 18.7. The number of ether oxygens (including phenoxy) is 1. The Morgan fingerprint density at radius 2 is 1.81 bits per heavy atom. The van der Waals surface area contributed by atoms with Crippen molar-refractivity contribution in [1.29, 1.82) is 0 Å². The second-order valence-corrected chi connectivity index (χ2v) is 7.14. The Bertz CT molecular complexity index is 957. The van der Waals surface area contributed by atoms with Crippen LogP contribution in [0.25, 0.3) is 10.8 Å². The molecule has 3 rings (SSSR count). The van der Waals surface area contributed by atoms with Gasteiger partial charge in [0.1, 0.15) is 5.82 Å². The highest BCUT2D eigenvalue weighted by Gasteiger charge is 2.38. The van der Waals surface area contributed by atoms with E-state index in [0.29, 0.717) is 4.90 Å². The molecule has 0 amide bonds. The Morgan fingerprint density at radius 3 is 2.50 bits per heavy atom. The summed E-state index contributed by atoms with van der Waals surface area (Å²) in [6.07, 6.45) is 0.0865. The highest BCUT2D eigenvalue weighted by atomic mass is 32.2. The van der Waals surface area contributed by atoms with E-state index < -0.39 is 17.4 Å². The maximum Gasteiger partial charge on any atom is 0.342 e. The summed E-state index contributed by atoms with van der Waals surface area (Å²) in [4.78, 5) is 13.5. The molecule has 5 heteroatoms. The predicted octanol–water partition coefficient (Wildman–Crippen LogP) is 4.90. The lowest BCUT2D eigenvalue weighted by molar-refractivity contribution is -0.164. The summed E-state index contributed by atoms with van der Waals surface area (Å²) in [6, 6.07) is 18.2. The Kier molecular flexibility index (Phi) is 5.30. The molecule has 0 saturated carbocycles. The second kappa shape index (κ2) is 7.48. The molecule has 1 atom stereocenters. The fraction of sp³-hybridized carbons (Fsp3) is 0.190. The molecule has 0 saturated heterocycles. The van der Waals surface area contributed by atoms with E-state index in [4.69, 9.17) is 0 Å². The maximum absolute atomic E-state index is 14.1. The van der Waals surface area contributed by atoms with Gasteiger partial charge in [0.2, 0.25) is 0 Å². The van der Waals surface area contributed by atoms with Gasteiger partial charge in [0.15, 0.2) is 5.60 Å². The van der Waals surface area contributed by atoms with E-state index >= 15 is 0 Å². The smallest absolute Gasteiger partial charge is 0.342 e. The number of fused-ring (bicyclic) bond motifs is 1. The Balaban J connectivity index is 1.97. The molecule has 1 N–H and O–H groups in total. The van der Waals surface area contributed by atoms with E-state index in [9.17, 15) is 14.3 Å². The van der Waals surface area contributed by atoms with Crippen molar-refractivity contribution in [3.05, 3.63) is 72.0 Å². The van der Waals surface area contributed by atoms with Crippen molar-refractivity contribution >= 4 is 28.5 Å². The zero-order valence-corrected chi connectivity index (χ0v) is 15.3. The number of methoxy groups -OCH3 is 1. The molecule has 0 heterocycles. The molecule has 26 heavy (non-hydrogen) atoms. The summed E-state index contributed by atoms with van der Waals surface area (Å²) < 4.78 is 18.8. The number of rotatable bonds is 5. The molecule has 3 aromatic rings. The fourth-order valence-corrected chi connectivity index (χ4v) is 3.81. The van der Waals surface area contributed by atoms with Gasteiger partial charge in [-0.1, -0.05) is 49.0 Å². The summed E-state index contributed by atoms with van der Waals surface area (Å²) in [5.41, 5.74) is -1.68. The first kappa shape index (κ1) is 18.4. The van der Waals surface area contributed by atoms with Gasteiger partial charge in [-0.25, -0.2) is 9.18 Å². The number of benzene rings is 3. The molecule has 0 aromatic heterocycles. The SMILES string of the molecule is CCC(O)(C(=O)OC)c1cc(F)cc(Sc2ccc3ccccc3c2)c1. The first-order chi connectivity index (χ1) is 12.5. The van der Waals surface area contributed by atoms with Crippen LogP contribution in [0.1, 0.15) is 18.9 Å². The Morgan fingerprint density at radius 1 is 1.08 bits per heavy atom.